The molecule has 2 rings (SSSR count). The van der Waals surface area contributed by atoms with Crippen molar-refractivity contribution >= 4 is 33.2 Å². The standard InChI is InChI=1S/C12H16Cl2N2O2S/c13-11-5-4-10(7-12(11)14)19(17,18)16-9-3-1-2-6-15-8-9/h4-5,7,9,15-16H,1-3,6,8H2. The minimum absolute atomic E-state index is 0.0815. The summed E-state index contributed by atoms with van der Waals surface area (Å²) in [6.07, 6.45) is 2.93. The van der Waals surface area contributed by atoms with Gasteiger partial charge in [-0.25, -0.2) is 13.1 Å². The maximum absolute atomic E-state index is 12.2. The van der Waals surface area contributed by atoms with Crippen LogP contribution in [0.25, 0.3) is 0 Å². The Hall–Kier alpha value is -0.330. The molecule has 1 heterocycles. The summed E-state index contributed by atoms with van der Waals surface area (Å²) in [5.74, 6) is 0. The molecule has 0 saturated carbocycles. The molecule has 1 aliphatic heterocycles. The van der Waals surface area contributed by atoms with E-state index in [0.29, 0.717) is 11.6 Å². The van der Waals surface area contributed by atoms with Crippen molar-refractivity contribution in [3.05, 3.63) is 28.2 Å². The highest BCUT2D eigenvalue weighted by Crippen LogP contribution is 2.25. The van der Waals surface area contributed by atoms with E-state index < -0.39 is 10.0 Å². The zero-order chi connectivity index (χ0) is 13.9. The van der Waals surface area contributed by atoms with Gasteiger partial charge in [-0.3, -0.25) is 0 Å². The molecule has 1 saturated heterocycles. The Labute approximate surface area is 123 Å². The number of hydrogen-bond acceptors (Lipinski definition) is 3. The lowest BCUT2D eigenvalue weighted by molar-refractivity contribution is 0.521. The fraction of sp³-hybridized carbons (Fsp3) is 0.500. The van der Waals surface area contributed by atoms with Gasteiger partial charge in [0.2, 0.25) is 10.0 Å². The number of rotatable bonds is 3. The summed E-state index contributed by atoms with van der Waals surface area (Å²) >= 11 is 11.6. The first kappa shape index (κ1) is 15.1. The predicted octanol–water partition coefficient (Wildman–Crippen LogP) is 2.41. The van der Waals surface area contributed by atoms with Gasteiger partial charge in [-0.05, 0) is 37.6 Å². The Bertz CT molecular complexity index is 541. The van der Waals surface area contributed by atoms with E-state index >= 15 is 0 Å². The molecule has 1 aromatic carbocycles. The second-order valence-electron chi connectivity index (χ2n) is 4.59. The van der Waals surface area contributed by atoms with Crippen LogP contribution in [-0.4, -0.2) is 27.5 Å². The van der Waals surface area contributed by atoms with E-state index in [0.717, 1.165) is 25.8 Å². The highest BCUT2D eigenvalue weighted by Gasteiger charge is 2.21. The lowest BCUT2D eigenvalue weighted by Gasteiger charge is -2.16. The van der Waals surface area contributed by atoms with Crippen molar-refractivity contribution in [2.75, 3.05) is 13.1 Å². The van der Waals surface area contributed by atoms with Crippen LogP contribution in [0.1, 0.15) is 19.3 Å². The smallest absolute Gasteiger partial charge is 0.240 e. The van der Waals surface area contributed by atoms with Crippen molar-refractivity contribution in [3.8, 4) is 0 Å². The third kappa shape index (κ3) is 4.07. The molecule has 4 nitrogen and oxygen atoms in total. The van der Waals surface area contributed by atoms with Crippen LogP contribution >= 0.6 is 23.2 Å². The van der Waals surface area contributed by atoms with E-state index in [9.17, 15) is 8.42 Å². The van der Waals surface area contributed by atoms with Crippen LogP contribution in [-0.2, 0) is 10.0 Å². The molecule has 2 N–H and O–H groups in total. The molecule has 7 heteroatoms. The molecule has 0 aromatic heterocycles. The molecular weight excluding hydrogens is 307 g/mol. The van der Waals surface area contributed by atoms with Gasteiger partial charge >= 0.3 is 0 Å². The van der Waals surface area contributed by atoms with Crippen LogP contribution in [0.2, 0.25) is 10.0 Å². The number of sulfonamides is 1. The molecule has 1 aliphatic rings. The molecule has 1 aromatic rings. The van der Waals surface area contributed by atoms with Crippen molar-refractivity contribution in [2.45, 2.75) is 30.2 Å². The van der Waals surface area contributed by atoms with E-state index in [2.05, 4.69) is 10.0 Å². The first-order valence-electron chi connectivity index (χ1n) is 6.17. The quantitative estimate of drug-likeness (QED) is 0.898. The minimum Gasteiger partial charge on any atom is -0.315 e. The Morgan fingerprint density at radius 3 is 2.74 bits per heavy atom. The number of halogens is 2. The topological polar surface area (TPSA) is 58.2 Å². The Morgan fingerprint density at radius 2 is 2.00 bits per heavy atom. The predicted molar refractivity (Wildman–Crippen MR) is 77.3 cm³/mol. The van der Waals surface area contributed by atoms with Crippen LogP contribution in [0.4, 0.5) is 0 Å². The maximum Gasteiger partial charge on any atom is 0.240 e. The van der Waals surface area contributed by atoms with E-state index in [1.807, 2.05) is 0 Å². The summed E-state index contributed by atoms with van der Waals surface area (Å²) < 4.78 is 27.2. The van der Waals surface area contributed by atoms with Gasteiger partial charge in [-0.15, -0.1) is 0 Å². The molecule has 1 atom stereocenters. The van der Waals surface area contributed by atoms with Gasteiger partial charge in [-0.1, -0.05) is 29.6 Å². The second-order valence-corrected chi connectivity index (χ2v) is 7.12. The minimum atomic E-state index is -3.55. The van der Waals surface area contributed by atoms with E-state index in [1.165, 1.54) is 18.2 Å². The third-order valence-corrected chi connectivity index (χ3v) is 5.33. The number of nitrogens with one attached hydrogen (secondary N) is 2. The molecule has 0 amide bonds. The molecule has 19 heavy (non-hydrogen) atoms. The Balaban J connectivity index is 2.14. The second kappa shape index (κ2) is 6.41. The molecule has 0 spiro atoms. The van der Waals surface area contributed by atoms with Crippen molar-refractivity contribution in [1.29, 1.82) is 0 Å². The molecule has 0 aliphatic carbocycles. The molecule has 1 fully saturated rings. The fourth-order valence-electron chi connectivity index (χ4n) is 2.05. The fourth-order valence-corrected chi connectivity index (χ4v) is 3.71. The SMILES string of the molecule is O=S(=O)(NC1CCCCNC1)c1ccc(Cl)c(Cl)c1. The van der Waals surface area contributed by atoms with Gasteiger partial charge in [0.15, 0.2) is 0 Å². The summed E-state index contributed by atoms with van der Waals surface area (Å²) in [6.45, 7) is 1.59. The average Bonchev–Trinajstić information content (AvgIpc) is 2.60. The summed E-state index contributed by atoms with van der Waals surface area (Å²) in [6, 6.07) is 4.24. The first-order chi connectivity index (χ1) is 8.99. The van der Waals surface area contributed by atoms with E-state index in [4.69, 9.17) is 23.2 Å². The average molecular weight is 323 g/mol. The maximum atomic E-state index is 12.2. The monoisotopic (exact) mass is 322 g/mol. The van der Waals surface area contributed by atoms with Crippen molar-refractivity contribution in [2.24, 2.45) is 0 Å². The Morgan fingerprint density at radius 1 is 1.21 bits per heavy atom. The molecule has 1 unspecified atom stereocenters. The highest BCUT2D eigenvalue weighted by atomic mass is 35.5. The highest BCUT2D eigenvalue weighted by molar-refractivity contribution is 7.89. The number of hydrogen-bond donors (Lipinski definition) is 2. The molecule has 0 bridgehead atoms. The Kier molecular flexibility index (Phi) is 5.09. The summed E-state index contributed by atoms with van der Waals surface area (Å²) in [5.41, 5.74) is 0. The van der Waals surface area contributed by atoms with Gasteiger partial charge < -0.3 is 5.32 Å². The van der Waals surface area contributed by atoms with Gasteiger partial charge in [-0.2, -0.15) is 0 Å². The molecular formula is C12H16Cl2N2O2S. The van der Waals surface area contributed by atoms with Crippen molar-refractivity contribution in [1.82, 2.24) is 10.0 Å². The van der Waals surface area contributed by atoms with Crippen molar-refractivity contribution in [3.63, 3.8) is 0 Å². The van der Waals surface area contributed by atoms with Crippen LogP contribution in [0.15, 0.2) is 23.1 Å². The van der Waals surface area contributed by atoms with E-state index in [-0.39, 0.29) is 16.0 Å². The summed E-state index contributed by atoms with van der Waals surface area (Å²) in [4.78, 5) is 0.145. The largest absolute Gasteiger partial charge is 0.315 e. The van der Waals surface area contributed by atoms with Crippen LogP contribution < -0.4 is 10.0 Å². The van der Waals surface area contributed by atoms with Gasteiger partial charge in [0.05, 0.1) is 14.9 Å². The molecule has 106 valence electrons. The molecule has 0 radical (unpaired) electrons. The normalized spacial score (nSPS) is 21.1. The zero-order valence-electron chi connectivity index (χ0n) is 10.3. The first-order valence-corrected chi connectivity index (χ1v) is 8.41. The summed E-state index contributed by atoms with van der Waals surface area (Å²) in [5, 5.41) is 3.80. The lowest BCUT2D eigenvalue weighted by Crippen LogP contribution is -2.40. The van der Waals surface area contributed by atoms with Crippen LogP contribution in [0.5, 0.6) is 0 Å². The van der Waals surface area contributed by atoms with Gasteiger partial charge in [0, 0.05) is 12.6 Å². The number of benzene rings is 1. The van der Waals surface area contributed by atoms with Gasteiger partial charge in [0.1, 0.15) is 0 Å². The lowest BCUT2D eigenvalue weighted by atomic mass is 10.2. The van der Waals surface area contributed by atoms with Crippen molar-refractivity contribution < 1.29 is 8.42 Å². The summed E-state index contributed by atoms with van der Waals surface area (Å²) in [7, 11) is -3.55. The van der Waals surface area contributed by atoms with Crippen LogP contribution in [0.3, 0.4) is 0 Å². The zero-order valence-corrected chi connectivity index (χ0v) is 12.7. The van der Waals surface area contributed by atoms with Gasteiger partial charge in [0.25, 0.3) is 0 Å². The van der Waals surface area contributed by atoms with Crippen LogP contribution in [0, 0.1) is 0 Å². The van der Waals surface area contributed by atoms with E-state index in [1.54, 1.807) is 0 Å². The third-order valence-electron chi connectivity index (χ3n) is 3.07.